The second-order valence-corrected chi connectivity index (χ2v) is 3.91. The van der Waals surface area contributed by atoms with Crippen molar-refractivity contribution in [3.8, 4) is 0 Å². The lowest BCUT2D eigenvalue weighted by atomic mass is 9.97. The molecule has 1 unspecified atom stereocenters. The van der Waals surface area contributed by atoms with Gasteiger partial charge < -0.3 is 5.32 Å². The van der Waals surface area contributed by atoms with Crippen LogP contribution in [0.4, 0.5) is 0 Å². The Labute approximate surface area is 94.7 Å². The molecular weight excluding hydrogens is 210 g/mol. The van der Waals surface area contributed by atoms with Crippen LogP contribution in [0.2, 0.25) is 0 Å². The molecule has 1 aromatic heterocycles. The van der Waals surface area contributed by atoms with Gasteiger partial charge in [0.2, 0.25) is 0 Å². The summed E-state index contributed by atoms with van der Waals surface area (Å²) in [4.78, 5) is 0. The SMILES string of the molecule is Cl.c1cc2[nH]ncc2cc1C1CCNC1. The first-order valence-electron chi connectivity index (χ1n) is 5.07. The fourth-order valence-electron chi connectivity index (χ4n) is 2.15. The third-order valence-corrected chi connectivity index (χ3v) is 3.00. The predicted molar refractivity (Wildman–Crippen MR) is 63.6 cm³/mol. The number of hydrogen-bond donors (Lipinski definition) is 2. The van der Waals surface area contributed by atoms with Crippen LogP contribution in [0.25, 0.3) is 10.9 Å². The first-order valence-corrected chi connectivity index (χ1v) is 5.07. The largest absolute Gasteiger partial charge is 0.316 e. The molecule has 1 aromatic carbocycles. The van der Waals surface area contributed by atoms with Crippen LogP contribution in [0.15, 0.2) is 24.4 Å². The summed E-state index contributed by atoms with van der Waals surface area (Å²) in [5, 5.41) is 11.6. The Morgan fingerprint density at radius 3 is 3.07 bits per heavy atom. The highest BCUT2D eigenvalue weighted by Gasteiger charge is 2.16. The normalized spacial score (nSPS) is 20.4. The number of benzene rings is 1. The predicted octanol–water partition coefficient (Wildman–Crippen LogP) is 2.06. The fourth-order valence-corrected chi connectivity index (χ4v) is 2.15. The third-order valence-electron chi connectivity index (χ3n) is 3.00. The smallest absolute Gasteiger partial charge is 0.0650 e. The van der Waals surface area contributed by atoms with Crippen molar-refractivity contribution in [1.82, 2.24) is 15.5 Å². The molecule has 1 aliphatic rings. The van der Waals surface area contributed by atoms with E-state index in [1.165, 1.54) is 17.4 Å². The van der Waals surface area contributed by atoms with E-state index in [1.54, 1.807) is 0 Å². The number of nitrogens with one attached hydrogen (secondary N) is 2. The van der Waals surface area contributed by atoms with Gasteiger partial charge in [0.1, 0.15) is 0 Å². The highest BCUT2D eigenvalue weighted by molar-refractivity contribution is 5.85. The van der Waals surface area contributed by atoms with Gasteiger partial charge in [0, 0.05) is 11.9 Å². The van der Waals surface area contributed by atoms with E-state index in [-0.39, 0.29) is 12.4 Å². The lowest BCUT2D eigenvalue weighted by Gasteiger charge is -2.07. The van der Waals surface area contributed by atoms with Crippen molar-refractivity contribution >= 4 is 23.3 Å². The summed E-state index contributed by atoms with van der Waals surface area (Å²) in [7, 11) is 0. The molecule has 0 bridgehead atoms. The zero-order valence-electron chi connectivity index (χ0n) is 8.36. The summed E-state index contributed by atoms with van der Waals surface area (Å²) in [5.74, 6) is 0.689. The van der Waals surface area contributed by atoms with E-state index in [0.717, 1.165) is 18.6 Å². The highest BCUT2D eigenvalue weighted by atomic mass is 35.5. The van der Waals surface area contributed by atoms with Crippen LogP contribution in [0.1, 0.15) is 17.9 Å². The second kappa shape index (κ2) is 4.21. The van der Waals surface area contributed by atoms with E-state index in [0.29, 0.717) is 5.92 Å². The number of H-pyrrole nitrogens is 1. The number of halogens is 1. The van der Waals surface area contributed by atoms with Gasteiger partial charge >= 0.3 is 0 Å². The summed E-state index contributed by atoms with van der Waals surface area (Å²) in [6.45, 7) is 2.26. The third kappa shape index (κ3) is 1.85. The molecule has 1 atom stereocenters. The van der Waals surface area contributed by atoms with E-state index < -0.39 is 0 Å². The summed E-state index contributed by atoms with van der Waals surface area (Å²) in [5.41, 5.74) is 2.56. The Morgan fingerprint density at radius 1 is 1.33 bits per heavy atom. The summed E-state index contributed by atoms with van der Waals surface area (Å²) in [6.07, 6.45) is 3.14. The Kier molecular flexibility index (Phi) is 2.93. The standard InChI is InChI=1S/C11H13N3.ClH/c1-2-11-10(7-13-14-11)5-8(1)9-3-4-12-6-9;/h1-2,5,7,9,12H,3-4,6H2,(H,13,14);1H. The number of fused-ring (bicyclic) bond motifs is 1. The second-order valence-electron chi connectivity index (χ2n) is 3.91. The van der Waals surface area contributed by atoms with Crippen LogP contribution >= 0.6 is 12.4 Å². The van der Waals surface area contributed by atoms with Crippen LogP contribution in [-0.4, -0.2) is 23.3 Å². The molecule has 2 N–H and O–H groups in total. The molecule has 0 saturated carbocycles. The van der Waals surface area contributed by atoms with Crippen molar-refractivity contribution in [3.05, 3.63) is 30.0 Å². The summed E-state index contributed by atoms with van der Waals surface area (Å²) in [6, 6.07) is 6.57. The fraction of sp³-hybridized carbons (Fsp3) is 0.364. The van der Waals surface area contributed by atoms with Crippen molar-refractivity contribution in [1.29, 1.82) is 0 Å². The van der Waals surface area contributed by atoms with E-state index in [9.17, 15) is 0 Å². The van der Waals surface area contributed by atoms with Gasteiger partial charge in [0.05, 0.1) is 11.7 Å². The van der Waals surface area contributed by atoms with Gasteiger partial charge in [-0.05, 0) is 36.6 Å². The quantitative estimate of drug-likeness (QED) is 0.777. The van der Waals surface area contributed by atoms with E-state index in [1.807, 2.05) is 6.20 Å². The molecule has 0 spiro atoms. The first-order chi connectivity index (χ1) is 6.93. The van der Waals surface area contributed by atoms with Crippen molar-refractivity contribution in [2.75, 3.05) is 13.1 Å². The average molecular weight is 224 g/mol. The lowest BCUT2D eigenvalue weighted by molar-refractivity contribution is 0.765. The minimum Gasteiger partial charge on any atom is -0.316 e. The number of nitrogens with zero attached hydrogens (tertiary/aromatic N) is 1. The van der Waals surface area contributed by atoms with Gasteiger partial charge in [-0.3, -0.25) is 5.10 Å². The van der Waals surface area contributed by atoms with Crippen LogP contribution in [0.5, 0.6) is 0 Å². The van der Waals surface area contributed by atoms with Gasteiger partial charge in [-0.25, -0.2) is 0 Å². The molecule has 0 aliphatic carbocycles. The molecule has 0 amide bonds. The van der Waals surface area contributed by atoms with Gasteiger partial charge in [-0.15, -0.1) is 12.4 Å². The minimum atomic E-state index is 0. The first kappa shape index (κ1) is 10.5. The minimum absolute atomic E-state index is 0. The Morgan fingerprint density at radius 2 is 2.27 bits per heavy atom. The van der Waals surface area contributed by atoms with Crippen LogP contribution in [0.3, 0.4) is 0 Å². The number of aromatic nitrogens is 2. The molecule has 2 heterocycles. The molecule has 4 heteroatoms. The van der Waals surface area contributed by atoms with Gasteiger partial charge in [0.15, 0.2) is 0 Å². The molecular formula is C11H14ClN3. The maximum atomic E-state index is 4.03. The summed E-state index contributed by atoms with van der Waals surface area (Å²) >= 11 is 0. The zero-order chi connectivity index (χ0) is 9.38. The monoisotopic (exact) mass is 223 g/mol. The molecule has 1 fully saturated rings. The van der Waals surface area contributed by atoms with E-state index in [4.69, 9.17) is 0 Å². The van der Waals surface area contributed by atoms with E-state index in [2.05, 4.69) is 33.7 Å². The van der Waals surface area contributed by atoms with Crippen molar-refractivity contribution in [3.63, 3.8) is 0 Å². The molecule has 3 nitrogen and oxygen atoms in total. The highest BCUT2D eigenvalue weighted by Crippen LogP contribution is 2.24. The van der Waals surface area contributed by atoms with E-state index >= 15 is 0 Å². The maximum Gasteiger partial charge on any atom is 0.0650 e. The molecule has 3 rings (SSSR count). The molecule has 80 valence electrons. The molecule has 15 heavy (non-hydrogen) atoms. The van der Waals surface area contributed by atoms with Crippen LogP contribution in [0, 0.1) is 0 Å². The Bertz CT molecular complexity index is 446. The number of hydrogen-bond acceptors (Lipinski definition) is 2. The lowest BCUT2D eigenvalue weighted by Crippen LogP contribution is -2.07. The Hall–Kier alpha value is -1.06. The average Bonchev–Trinajstić information content (AvgIpc) is 2.88. The maximum absolute atomic E-state index is 4.03. The van der Waals surface area contributed by atoms with Crippen LogP contribution < -0.4 is 5.32 Å². The van der Waals surface area contributed by atoms with Crippen molar-refractivity contribution < 1.29 is 0 Å². The van der Waals surface area contributed by atoms with Crippen molar-refractivity contribution in [2.24, 2.45) is 0 Å². The van der Waals surface area contributed by atoms with Crippen LogP contribution in [-0.2, 0) is 0 Å². The van der Waals surface area contributed by atoms with Crippen molar-refractivity contribution in [2.45, 2.75) is 12.3 Å². The van der Waals surface area contributed by atoms with Gasteiger partial charge in [-0.2, -0.15) is 5.10 Å². The van der Waals surface area contributed by atoms with Gasteiger partial charge in [-0.1, -0.05) is 6.07 Å². The molecule has 1 saturated heterocycles. The summed E-state index contributed by atoms with van der Waals surface area (Å²) < 4.78 is 0. The van der Waals surface area contributed by atoms with Gasteiger partial charge in [0.25, 0.3) is 0 Å². The number of aromatic amines is 1. The molecule has 1 aliphatic heterocycles. The Balaban J connectivity index is 0.000000853. The number of rotatable bonds is 1. The molecule has 0 radical (unpaired) electrons. The molecule has 2 aromatic rings. The topological polar surface area (TPSA) is 40.7 Å². The zero-order valence-corrected chi connectivity index (χ0v) is 9.18.